The van der Waals surface area contributed by atoms with Gasteiger partial charge in [0.2, 0.25) is 5.95 Å². The molecule has 8 heteroatoms. The monoisotopic (exact) mass is 387 g/mol. The first-order valence-electron chi connectivity index (χ1n) is 9.52. The van der Waals surface area contributed by atoms with Gasteiger partial charge >= 0.3 is 0 Å². The van der Waals surface area contributed by atoms with E-state index in [4.69, 9.17) is 4.98 Å². The Hall–Kier alpha value is -3.62. The highest BCUT2D eigenvalue weighted by Crippen LogP contribution is 2.20. The molecule has 1 aliphatic rings. The van der Waals surface area contributed by atoms with Crippen LogP contribution in [-0.2, 0) is 13.1 Å². The zero-order chi connectivity index (χ0) is 20.2. The Kier molecular flexibility index (Phi) is 5.28. The molecular formula is C21H21N7O. The number of aromatic nitrogens is 4. The van der Waals surface area contributed by atoms with Crippen LogP contribution in [0.3, 0.4) is 0 Å². The van der Waals surface area contributed by atoms with Gasteiger partial charge in [0.1, 0.15) is 11.0 Å². The standard InChI is InChI=1S/C21H21N7O/c1-2-3-10-27-19-18(25-21(27)26-11-8-23-9-12-26)14-24-28(20(19)29)15-17-7-5-4-6-16(17)13-22/h4-7,14,23H,8-12,15H2,1H3. The summed E-state index contributed by atoms with van der Waals surface area (Å²) >= 11 is 0. The number of hydrogen-bond acceptors (Lipinski definition) is 6. The minimum atomic E-state index is -0.234. The summed E-state index contributed by atoms with van der Waals surface area (Å²) < 4.78 is 3.27. The van der Waals surface area contributed by atoms with Crippen molar-refractivity contribution in [2.24, 2.45) is 0 Å². The molecule has 2 aromatic heterocycles. The Morgan fingerprint density at radius 2 is 2.03 bits per heavy atom. The van der Waals surface area contributed by atoms with Crippen molar-refractivity contribution in [1.82, 2.24) is 24.6 Å². The van der Waals surface area contributed by atoms with Crippen molar-refractivity contribution in [2.45, 2.75) is 20.0 Å². The van der Waals surface area contributed by atoms with Crippen molar-refractivity contribution >= 4 is 17.0 Å². The lowest BCUT2D eigenvalue weighted by Gasteiger charge is -2.28. The molecule has 1 saturated heterocycles. The number of nitriles is 1. The van der Waals surface area contributed by atoms with Crippen molar-refractivity contribution in [1.29, 1.82) is 5.26 Å². The third-order valence-electron chi connectivity index (χ3n) is 5.00. The Morgan fingerprint density at radius 3 is 2.79 bits per heavy atom. The summed E-state index contributed by atoms with van der Waals surface area (Å²) in [5.74, 6) is 6.70. The first-order chi connectivity index (χ1) is 14.2. The van der Waals surface area contributed by atoms with Gasteiger partial charge in [0.15, 0.2) is 0 Å². The van der Waals surface area contributed by atoms with Crippen LogP contribution in [0.5, 0.6) is 0 Å². The molecule has 1 aliphatic heterocycles. The van der Waals surface area contributed by atoms with Crippen LogP contribution in [0.15, 0.2) is 35.3 Å². The summed E-state index contributed by atoms with van der Waals surface area (Å²) in [5, 5.41) is 17.0. The third kappa shape index (κ3) is 3.58. The summed E-state index contributed by atoms with van der Waals surface area (Å²) in [6, 6.07) is 9.40. The number of nitrogens with zero attached hydrogens (tertiary/aromatic N) is 6. The van der Waals surface area contributed by atoms with Gasteiger partial charge in [-0.1, -0.05) is 24.1 Å². The number of imidazole rings is 1. The quantitative estimate of drug-likeness (QED) is 0.670. The normalized spacial score (nSPS) is 13.7. The van der Waals surface area contributed by atoms with Crippen LogP contribution in [0.1, 0.15) is 18.1 Å². The van der Waals surface area contributed by atoms with Gasteiger partial charge in [-0.15, -0.1) is 5.92 Å². The maximum absolute atomic E-state index is 13.3. The van der Waals surface area contributed by atoms with Gasteiger partial charge in [-0.2, -0.15) is 10.4 Å². The molecule has 8 nitrogen and oxygen atoms in total. The van der Waals surface area contributed by atoms with Crippen LogP contribution < -0.4 is 15.8 Å². The number of benzene rings is 1. The van der Waals surface area contributed by atoms with E-state index < -0.39 is 0 Å². The lowest BCUT2D eigenvalue weighted by molar-refractivity contribution is 0.572. The van der Waals surface area contributed by atoms with Gasteiger partial charge in [0.25, 0.3) is 5.56 Å². The number of fused-ring (bicyclic) bond motifs is 1. The topological polar surface area (TPSA) is 91.8 Å². The molecule has 0 spiro atoms. The second kappa shape index (κ2) is 8.17. The van der Waals surface area contributed by atoms with Crippen LogP contribution in [0.4, 0.5) is 5.95 Å². The lowest BCUT2D eigenvalue weighted by Crippen LogP contribution is -2.44. The van der Waals surface area contributed by atoms with E-state index in [-0.39, 0.29) is 12.1 Å². The van der Waals surface area contributed by atoms with E-state index in [1.807, 2.05) is 16.7 Å². The molecule has 0 amide bonds. The van der Waals surface area contributed by atoms with Crippen LogP contribution in [0.2, 0.25) is 0 Å². The van der Waals surface area contributed by atoms with Crippen LogP contribution in [0, 0.1) is 23.2 Å². The number of anilines is 1. The Labute approximate surface area is 168 Å². The summed E-state index contributed by atoms with van der Waals surface area (Å²) in [7, 11) is 0. The first-order valence-corrected chi connectivity index (χ1v) is 9.52. The van der Waals surface area contributed by atoms with Crippen LogP contribution in [-0.4, -0.2) is 45.5 Å². The van der Waals surface area contributed by atoms with Crippen LogP contribution in [0.25, 0.3) is 11.0 Å². The molecule has 1 fully saturated rings. The fraction of sp³-hybridized carbons (Fsp3) is 0.333. The van der Waals surface area contributed by atoms with Crippen molar-refractivity contribution in [3.05, 3.63) is 51.9 Å². The van der Waals surface area contributed by atoms with Crippen molar-refractivity contribution < 1.29 is 0 Å². The summed E-state index contributed by atoms with van der Waals surface area (Å²) in [5.41, 5.74) is 2.11. The smallest absolute Gasteiger partial charge is 0.293 e. The molecule has 146 valence electrons. The highest BCUT2D eigenvalue weighted by Gasteiger charge is 2.21. The van der Waals surface area contributed by atoms with E-state index in [1.165, 1.54) is 4.68 Å². The molecule has 29 heavy (non-hydrogen) atoms. The lowest BCUT2D eigenvalue weighted by atomic mass is 10.1. The first kappa shape index (κ1) is 18.7. The molecule has 0 bridgehead atoms. The summed E-state index contributed by atoms with van der Waals surface area (Å²) in [6.45, 7) is 5.78. The zero-order valence-corrected chi connectivity index (χ0v) is 16.2. The zero-order valence-electron chi connectivity index (χ0n) is 16.2. The minimum Gasteiger partial charge on any atom is -0.340 e. The summed E-state index contributed by atoms with van der Waals surface area (Å²) in [6.07, 6.45) is 1.62. The molecule has 0 aliphatic carbocycles. The van der Waals surface area contributed by atoms with Gasteiger partial charge < -0.3 is 10.2 Å². The maximum atomic E-state index is 13.3. The van der Waals surface area contributed by atoms with E-state index in [0.717, 1.165) is 37.7 Å². The van der Waals surface area contributed by atoms with Crippen molar-refractivity contribution in [3.8, 4) is 17.9 Å². The molecule has 3 aromatic rings. The van der Waals surface area contributed by atoms with E-state index in [9.17, 15) is 10.1 Å². The van der Waals surface area contributed by atoms with Gasteiger partial charge in [-0.25, -0.2) is 9.67 Å². The molecule has 0 radical (unpaired) electrons. The van der Waals surface area contributed by atoms with Gasteiger partial charge in [-0.3, -0.25) is 9.36 Å². The molecular weight excluding hydrogens is 366 g/mol. The molecule has 0 unspecified atom stereocenters. The highest BCUT2D eigenvalue weighted by molar-refractivity contribution is 5.77. The SMILES string of the molecule is CC#CCn1c(N2CCNCC2)nc2cnn(Cc3ccccc3C#N)c(=O)c21. The molecule has 4 rings (SSSR count). The molecule has 1 aromatic carbocycles. The highest BCUT2D eigenvalue weighted by atomic mass is 16.1. The maximum Gasteiger partial charge on any atom is 0.293 e. The van der Waals surface area contributed by atoms with Crippen molar-refractivity contribution in [2.75, 3.05) is 31.1 Å². The number of hydrogen-bond donors (Lipinski definition) is 1. The van der Waals surface area contributed by atoms with Crippen molar-refractivity contribution in [3.63, 3.8) is 0 Å². The minimum absolute atomic E-state index is 0.228. The fourth-order valence-electron chi connectivity index (χ4n) is 3.53. The van der Waals surface area contributed by atoms with Gasteiger partial charge in [0.05, 0.1) is 30.9 Å². The Morgan fingerprint density at radius 1 is 1.24 bits per heavy atom. The third-order valence-corrected chi connectivity index (χ3v) is 5.00. The van der Waals surface area contributed by atoms with E-state index >= 15 is 0 Å². The Balaban J connectivity index is 1.82. The summed E-state index contributed by atoms with van der Waals surface area (Å²) in [4.78, 5) is 20.2. The average Bonchev–Trinajstić information content (AvgIpc) is 3.14. The molecule has 1 N–H and O–H groups in total. The van der Waals surface area contributed by atoms with Gasteiger partial charge in [-0.05, 0) is 18.6 Å². The number of rotatable bonds is 4. The second-order valence-corrected chi connectivity index (χ2v) is 6.77. The Bertz CT molecular complexity index is 1200. The predicted octanol–water partition coefficient (Wildman–Crippen LogP) is 0.946. The second-order valence-electron chi connectivity index (χ2n) is 6.77. The fourth-order valence-corrected chi connectivity index (χ4v) is 3.53. The number of nitrogens with one attached hydrogen (secondary N) is 1. The number of piperazine rings is 1. The molecule has 3 heterocycles. The largest absolute Gasteiger partial charge is 0.340 e. The average molecular weight is 387 g/mol. The van der Waals surface area contributed by atoms with Crippen LogP contribution >= 0.6 is 0 Å². The molecule has 0 atom stereocenters. The van der Waals surface area contributed by atoms with E-state index in [0.29, 0.717) is 23.1 Å². The van der Waals surface area contributed by atoms with E-state index in [1.54, 1.807) is 25.3 Å². The van der Waals surface area contributed by atoms with Gasteiger partial charge in [0, 0.05) is 26.2 Å². The predicted molar refractivity (Wildman–Crippen MR) is 111 cm³/mol. The van der Waals surface area contributed by atoms with E-state index in [2.05, 4.69) is 33.2 Å². The molecule has 0 saturated carbocycles.